The largest absolute Gasteiger partial charge is 0.497 e. The monoisotopic (exact) mass is 305 g/mol. The van der Waals surface area contributed by atoms with E-state index in [-0.39, 0.29) is 11.7 Å². The average molecular weight is 305 g/mol. The molecular formula is C17H23NO4. The zero-order valence-electron chi connectivity index (χ0n) is 13.4. The van der Waals surface area contributed by atoms with Gasteiger partial charge in [-0.05, 0) is 32.0 Å². The second-order valence-electron chi connectivity index (χ2n) is 6.11. The first-order chi connectivity index (χ1) is 10.6. The molecule has 0 radical (unpaired) electrons. The summed E-state index contributed by atoms with van der Waals surface area (Å²) in [4.78, 5) is 15.3. The minimum absolute atomic E-state index is 0.0393. The predicted molar refractivity (Wildman–Crippen MR) is 82.8 cm³/mol. The highest BCUT2D eigenvalue weighted by atomic mass is 16.5. The third-order valence-corrected chi connectivity index (χ3v) is 4.93. The molecule has 0 spiro atoms. The maximum Gasteiger partial charge on any atom is 0.169 e. The molecule has 5 heteroatoms. The molecule has 3 rings (SSSR count). The molecule has 0 aromatic heterocycles. The van der Waals surface area contributed by atoms with Crippen LogP contribution in [-0.2, 0) is 4.74 Å². The number of nitrogens with zero attached hydrogens (tertiary/aromatic N) is 1. The number of fused-ring (bicyclic) bond motifs is 2. The molecule has 1 aromatic carbocycles. The Morgan fingerprint density at radius 3 is 2.45 bits per heavy atom. The summed E-state index contributed by atoms with van der Waals surface area (Å²) in [7, 11) is 5.32. The van der Waals surface area contributed by atoms with Gasteiger partial charge in [0.15, 0.2) is 5.78 Å². The Morgan fingerprint density at radius 2 is 1.86 bits per heavy atom. The first kappa shape index (κ1) is 15.3. The first-order valence-corrected chi connectivity index (χ1v) is 7.70. The van der Waals surface area contributed by atoms with Crippen LogP contribution in [0.25, 0.3) is 0 Å². The highest BCUT2D eigenvalue weighted by Crippen LogP contribution is 2.35. The fourth-order valence-electron chi connectivity index (χ4n) is 3.53. The van der Waals surface area contributed by atoms with Crippen molar-refractivity contribution >= 4 is 5.78 Å². The molecule has 2 heterocycles. The van der Waals surface area contributed by atoms with Crippen molar-refractivity contribution in [2.45, 2.75) is 24.9 Å². The normalized spacial score (nSPS) is 28.2. The van der Waals surface area contributed by atoms with Gasteiger partial charge < -0.3 is 14.2 Å². The number of Topliss-reactive ketones (excluding diaryl/α,β-unsaturated/α-hetero) is 1. The number of ketones is 1. The zero-order valence-corrected chi connectivity index (χ0v) is 13.4. The summed E-state index contributed by atoms with van der Waals surface area (Å²) in [5.41, 5.74) is 0.650. The number of hydrogen-bond donors (Lipinski definition) is 0. The Labute approximate surface area is 131 Å². The van der Waals surface area contributed by atoms with Crippen LogP contribution in [0.2, 0.25) is 0 Å². The summed E-state index contributed by atoms with van der Waals surface area (Å²) in [6.45, 7) is 1.44. The number of ether oxygens (including phenoxy) is 3. The van der Waals surface area contributed by atoms with Gasteiger partial charge in [0.2, 0.25) is 0 Å². The van der Waals surface area contributed by atoms with Crippen molar-refractivity contribution in [3.05, 3.63) is 23.8 Å². The maximum atomic E-state index is 12.9. The number of carbonyl (C=O) groups is 1. The molecule has 2 unspecified atom stereocenters. The second-order valence-corrected chi connectivity index (χ2v) is 6.11. The quantitative estimate of drug-likeness (QED) is 0.796. The molecule has 2 fully saturated rings. The number of hydrogen-bond acceptors (Lipinski definition) is 5. The molecule has 2 saturated heterocycles. The highest BCUT2D eigenvalue weighted by Gasteiger charge is 2.40. The van der Waals surface area contributed by atoms with Gasteiger partial charge in [-0.3, -0.25) is 9.69 Å². The van der Waals surface area contributed by atoms with Crippen molar-refractivity contribution in [3.8, 4) is 11.5 Å². The van der Waals surface area contributed by atoms with Crippen LogP contribution in [0.15, 0.2) is 18.2 Å². The van der Waals surface area contributed by atoms with Crippen molar-refractivity contribution in [1.29, 1.82) is 0 Å². The van der Waals surface area contributed by atoms with Crippen molar-refractivity contribution in [1.82, 2.24) is 4.90 Å². The molecule has 2 bridgehead atoms. The molecule has 2 aliphatic rings. The summed E-state index contributed by atoms with van der Waals surface area (Å²) in [6.07, 6.45) is 1.70. The lowest BCUT2D eigenvalue weighted by Crippen LogP contribution is -2.55. The molecule has 120 valence electrons. The van der Waals surface area contributed by atoms with Crippen LogP contribution in [0.1, 0.15) is 23.2 Å². The van der Waals surface area contributed by atoms with Gasteiger partial charge in [0, 0.05) is 24.1 Å². The van der Waals surface area contributed by atoms with E-state index in [9.17, 15) is 4.79 Å². The van der Waals surface area contributed by atoms with Gasteiger partial charge in [-0.2, -0.15) is 0 Å². The van der Waals surface area contributed by atoms with E-state index in [0.29, 0.717) is 29.1 Å². The summed E-state index contributed by atoms with van der Waals surface area (Å²) >= 11 is 0. The number of morpholine rings is 1. The van der Waals surface area contributed by atoms with Crippen LogP contribution < -0.4 is 9.47 Å². The minimum Gasteiger partial charge on any atom is -0.497 e. The van der Waals surface area contributed by atoms with Gasteiger partial charge in [-0.25, -0.2) is 0 Å². The van der Waals surface area contributed by atoms with E-state index in [4.69, 9.17) is 14.2 Å². The van der Waals surface area contributed by atoms with E-state index in [2.05, 4.69) is 11.9 Å². The van der Waals surface area contributed by atoms with Crippen LogP contribution in [0, 0.1) is 5.92 Å². The molecule has 0 N–H and O–H groups in total. The Balaban J connectivity index is 1.82. The van der Waals surface area contributed by atoms with Gasteiger partial charge in [0.05, 0.1) is 33.0 Å². The SMILES string of the molecule is COc1ccc(C(=O)C2CC3COCC(C2)N3C)c(OC)c1. The van der Waals surface area contributed by atoms with Gasteiger partial charge in [-0.15, -0.1) is 0 Å². The van der Waals surface area contributed by atoms with Gasteiger partial charge in [0.25, 0.3) is 0 Å². The lowest BCUT2D eigenvalue weighted by molar-refractivity contribution is -0.0702. The zero-order chi connectivity index (χ0) is 15.7. The van der Waals surface area contributed by atoms with E-state index in [0.717, 1.165) is 26.1 Å². The minimum atomic E-state index is 0.0393. The van der Waals surface area contributed by atoms with Crippen LogP contribution >= 0.6 is 0 Å². The topological polar surface area (TPSA) is 48.0 Å². The van der Waals surface area contributed by atoms with E-state index in [1.54, 1.807) is 20.3 Å². The molecule has 2 atom stereocenters. The predicted octanol–water partition coefficient (Wildman–Crippen LogP) is 2.00. The number of rotatable bonds is 4. The number of likely N-dealkylation sites (N-methyl/N-ethyl adjacent to an activating group) is 1. The highest BCUT2D eigenvalue weighted by molar-refractivity contribution is 6.00. The van der Waals surface area contributed by atoms with E-state index >= 15 is 0 Å². The Bertz CT molecular complexity index is 546. The summed E-state index contributed by atoms with van der Waals surface area (Å²) in [5, 5.41) is 0. The fourth-order valence-corrected chi connectivity index (χ4v) is 3.53. The van der Waals surface area contributed by atoms with Crippen molar-refractivity contribution in [3.63, 3.8) is 0 Å². The van der Waals surface area contributed by atoms with E-state index < -0.39 is 0 Å². The van der Waals surface area contributed by atoms with Crippen LogP contribution in [-0.4, -0.2) is 57.2 Å². The Morgan fingerprint density at radius 1 is 1.18 bits per heavy atom. The number of benzene rings is 1. The first-order valence-electron chi connectivity index (χ1n) is 7.70. The van der Waals surface area contributed by atoms with Crippen molar-refractivity contribution in [2.24, 2.45) is 5.92 Å². The number of carbonyl (C=O) groups excluding carboxylic acids is 1. The van der Waals surface area contributed by atoms with Gasteiger partial charge in [-0.1, -0.05) is 0 Å². The number of piperidine rings is 1. The van der Waals surface area contributed by atoms with Gasteiger partial charge >= 0.3 is 0 Å². The molecule has 0 aliphatic carbocycles. The van der Waals surface area contributed by atoms with E-state index in [1.807, 2.05) is 12.1 Å². The summed E-state index contributed by atoms with van der Waals surface area (Å²) < 4.78 is 16.2. The Kier molecular flexibility index (Phi) is 4.36. The molecule has 0 amide bonds. The summed E-state index contributed by atoms with van der Waals surface area (Å²) in [5.74, 6) is 1.49. The Hall–Kier alpha value is -1.59. The fraction of sp³-hybridized carbons (Fsp3) is 0.588. The molecule has 1 aromatic rings. The molecule has 22 heavy (non-hydrogen) atoms. The summed E-state index contributed by atoms with van der Waals surface area (Å²) in [6, 6.07) is 6.07. The molecule has 5 nitrogen and oxygen atoms in total. The molecular weight excluding hydrogens is 282 g/mol. The van der Waals surface area contributed by atoms with Crippen molar-refractivity contribution < 1.29 is 19.0 Å². The standard InChI is InChI=1S/C17H23NO4/c1-18-12-6-11(7-13(18)10-22-9-12)17(19)15-5-4-14(20-2)8-16(15)21-3/h4-5,8,11-13H,6-7,9-10H2,1-3H3. The maximum absolute atomic E-state index is 12.9. The van der Waals surface area contributed by atoms with Crippen LogP contribution in [0.5, 0.6) is 11.5 Å². The van der Waals surface area contributed by atoms with Crippen LogP contribution in [0.4, 0.5) is 0 Å². The molecule has 0 saturated carbocycles. The second kappa shape index (κ2) is 6.26. The third kappa shape index (κ3) is 2.71. The van der Waals surface area contributed by atoms with Crippen molar-refractivity contribution in [2.75, 3.05) is 34.5 Å². The third-order valence-electron chi connectivity index (χ3n) is 4.93. The van der Waals surface area contributed by atoms with E-state index in [1.165, 1.54) is 0 Å². The van der Waals surface area contributed by atoms with Gasteiger partial charge in [0.1, 0.15) is 11.5 Å². The number of methoxy groups -OCH3 is 2. The molecule has 2 aliphatic heterocycles. The van der Waals surface area contributed by atoms with Crippen LogP contribution in [0.3, 0.4) is 0 Å². The average Bonchev–Trinajstić information content (AvgIpc) is 2.53. The smallest absolute Gasteiger partial charge is 0.169 e. The lowest BCUT2D eigenvalue weighted by atomic mass is 9.81. The lowest BCUT2D eigenvalue weighted by Gasteiger charge is -2.46.